The van der Waals surface area contributed by atoms with Crippen LogP contribution in [-0.2, 0) is 15.0 Å². The summed E-state index contributed by atoms with van der Waals surface area (Å²) in [6, 6.07) is 0. The van der Waals surface area contributed by atoms with E-state index in [4.69, 9.17) is 36.8 Å². The van der Waals surface area contributed by atoms with E-state index in [1.807, 2.05) is 0 Å². The van der Waals surface area contributed by atoms with Gasteiger partial charge < -0.3 is 25.6 Å². The van der Waals surface area contributed by atoms with Crippen molar-refractivity contribution < 1.29 is 47.7 Å². The summed E-state index contributed by atoms with van der Waals surface area (Å²) in [7, 11) is -9.31. The molecule has 0 aliphatic carbocycles. The van der Waals surface area contributed by atoms with Crippen LogP contribution in [0, 0.1) is 0 Å². The van der Waals surface area contributed by atoms with Crippen molar-refractivity contribution in [3.63, 3.8) is 0 Å². The van der Waals surface area contributed by atoms with E-state index >= 15 is 0 Å². The Morgan fingerprint density at radius 3 is 0.923 bits per heavy atom. The van der Waals surface area contributed by atoms with Gasteiger partial charge in [0, 0.05) is 0 Å². The first-order chi connectivity index (χ1) is 4.00. The Labute approximate surface area is 103 Å². The molecule has 84 valence electrons. The fourth-order valence-corrected chi connectivity index (χ4v) is 0. The van der Waals surface area contributed by atoms with Gasteiger partial charge >= 0.3 is 56.0 Å². The van der Waals surface area contributed by atoms with Gasteiger partial charge in [-0.05, 0) is 0 Å². The van der Waals surface area contributed by atoms with Crippen LogP contribution in [0.25, 0.3) is 0 Å². The minimum absolute atomic E-state index is 0. The molecule has 0 bridgehead atoms. The molecule has 0 aromatic carbocycles. The Bertz CT molecular complexity index is 193. The van der Waals surface area contributed by atoms with Crippen molar-refractivity contribution in [2.45, 2.75) is 0 Å². The Kier molecular flexibility index (Phi) is 25.3. The van der Waals surface area contributed by atoms with Crippen LogP contribution in [0.1, 0.15) is 0 Å². The van der Waals surface area contributed by atoms with Gasteiger partial charge in [0.1, 0.15) is 0 Å². The normalized spacial score (nSPS) is 9.00. The zero-order valence-electron chi connectivity index (χ0n) is 5.32. The molecule has 13 heavy (non-hydrogen) atoms. The van der Waals surface area contributed by atoms with E-state index in [0.717, 1.165) is 0 Å². The monoisotopic (exact) mass is 274 g/mol. The fraction of sp³-hybridized carbons (Fsp3) is 0. The third-order valence-electron chi connectivity index (χ3n) is 0. The van der Waals surface area contributed by atoms with E-state index in [1.54, 1.807) is 0 Å². The summed E-state index contributed by atoms with van der Waals surface area (Å²) in [6.07, 6.45) is 0. The second kappa shape index (κ2) is 11.2. The van der Waals surface area contributed by atoms with Crippen molar-refractivity contribution in [1.82, 2.24) is 0 Å². The molecule has 0 aliphatic heterocycles. The average Bonchev–Trinajstić information content (AvgIpc) is 1.12. The third kappa shape index (κ3) is 1220. The van der Waals surface area contributed by atoms with Crippen LogP contribution in [0.5, 0.6) is 0 Å². The quantitative estimate of drug-likeness (QED) is 0.165. The Morgan fingerprint density at radius 1 is 0.923 bits per heavy atom. The molecule has 0 spiro atoms. The van der Waals surface area contributed by atoms with Crippen molar-refractivity contribution in [1.29, 1.82) is 0 Å². The molecule has 10 nitrogen and oxygen atoms in total. The van der Waals surface area contributed by atoms with E-state index in [9.17, 15) is 0 Å². The number of phosphoric acid groups is 1. The predicted molar refractivity (Wildman–Crippen MR) is 44.2 cm³/mol. The molecular formula is H11CaO10PS. The Hall–Kier alpha value is 1.16. The molecule has 13 heteroatoms. The summed E-state index contributed by atoms with van der Waals surface area (Å²) in [5.74, 6) is 0. The molecule has 0 aliphatic rings. The zero-order chi connectivity index (χ0) is 9.00. The third-order valence-corrected chi connectivity index (χ3v) is 0. The van der Waals surface area contributed by atoms with Gasteiger partial charge in [-0.25, -0.2) is 4.57 Å². The van der Waals surface area contributed by atoms with Gasteiger partial charge in [0.25, 0.3) is 0 Å². The van der Waals surface area contributed by atoms with E-state index < -0.39 is 18.2 Å². The van der Waals surface area contributed by atoms with Gasteiger partial charge in [-0.3, -0.25) is 9.11 Å². The summed E-state index contributed by atoms with van der Waals surface area (Å²) in [5, 5.41) is 0. The summed E-state index contributed by atoms with van der Waals surface area (Å²) in [4.78, 5) is 21.6. The van der Waals surface area contributed by atoms with Crippen molar-refractivity contribution in [3.8, 4) is 0 Å². The first kappa shape index (κ1) is 29.2. The van der Waals surface area contributed by atoms with E-state index in [0.29, 0.717) is 0 Å². The van der Waals surface area contributed by atoms with Crippen LogP contribution in [0.2, 0.25) is 0 Å². The maximum absolute atomic E-state index is 8.88. The number of hydrogen-bond acceptors (Lipinski definition) is 3. The second-order valence-corrected chi connectivity index (χ2v) is 2.88. The van der Waals surface area contributed by atoms with E-state index in [1.165, 1.54) is 0 Å². The van der Waals surface area contributed by atoms with Crippen LogP contribution in [-0.4, -0.2) is 80.9 Å². The molecule has 0 unspecified atom stereocenters. The van der Waals surface area contributed by atoms with Crippen LogP contribution in [0.15, 0.2) is 0 Å². The van der Waals surface area contributed by atoms with Gasteiger partial charge in [0.2, 0.25) is 0 Å². The van der Waals surface area contributed by atoms with Gasteiger partial charge in [-0.2, -0.15) is 8.42 Å². The van der Waals surface area contributed by atoms with Crippen LogP contribution < -0.4 is 0 Å². The molecule has 0 saturated carbocycles. The van der Waals surface area contributed by atoms with Crippen molar-refractivity contribution in [3.05, 3.63) is 0 Å². The molecule has 0 atom stereocenters. The molecule has 0 radical (unpaired) electrons. The summed E-state index contributed by atoms with van der Waals surface area (Å²) in [6.45, 7) is 0. The molecule has 0 fully saturated rings. The van der Waals surface area contributed by atoms with E-state index in [-0.39, 0.29) is 48.7 Å². The molecule has 9 N–H and O–H groups in total. The van der Waals surface area contributed by atoms with Crippen molar-refractivity contribution >= 4 is 56.0 Å². The maximum atomic E-state index is 8.88. The molecule has 0 rings (SSSR count). The molecule has 0 amide bonds. The number of rotatable bonds is 0. The van der Waals surface area contributed by atoms with Gasteiger partial charge in [-0.1, -0.05) is 0 Å². The summed E-state index contributed by atoms with van der Waals surface area (Å²) in [5.41, 5.74) is 0. The summed E-state index contributed by atoms with van der Waals surface area (Å²) >= 11 is 0. The Morgan fingerprint density at radius 2 is 0.923 bits per heavy atom. The van der Waals surface area contributed by atoms with Gasteiger partial charge in [0.05, 0.1) is 0 Å². The van der Waals surface area contributed by atoms with Crippen LogP contribution in [0.3, 0.4) is 0 Å². The second-order valence-electron chi connectivity index (χ2n) is 0.961. The van der Waals surface area contributed by atoms with Crippen LogP contribution >= 0.6 is 7.82 Å². The van der Waals surface area contributed by atoms with Crippen LogP contribution in [0.4, 0.5) is 0 Å². The fourth-order valence-electron chi connectivity index (χ4n) is 0. The molecule has 0 saturated heterocycles. The molecule has 0 aromatic rings. The van der Waals surface area contributed by atoms with Crippen molar-refractivity contribution in [2.75, 3.05) is 0 Å². The van der Waals surface area contributed by atoms with Gasteiger partial charge in [-0.15, -0.1) is 0 Å². The molecule has 0 aromatic heterocycles. The topological polar surface area (TPSA) is 215 Å². The standard InChI is InChI=1S/Ca.H3O4P.H2O4S.2H2O.2H/c;2*1-5(2,3)4;;;;/h;(H3,1,2,3,4);(H2,1,2,3,4);2*1H2;;. The van der Waals surface area contributed by atoms with E-state index in [2.05, 4.69) is 0 Å². The zero-order valence-corrected chi connectivity index (χ0v) is 7.03. The predicted octanol–water partition coefficient (Wildman–Crippen LogP) is -4.15. The minimum atomic E-state index is -4.67. The SMILES string of the molecule is O.O.O=P(O)(O)O.O=S(=O)(O)O.[CaH2]. The molecular weight excluding hydrogens is 263 g/mol. The Balaban J connectivity index is -0.0000000267. The van der Waals surface area contributed by atoms with Crippen molar-refractivity contribution in [2.24, 2.45) is 0 Å². The first-order valence-corrected chi connectivity index (χ1v) is 4.44. The van der Waals surface area contributed by atoms with Gasteiger partial charge in [0.15, 0.2) is 0 Å². The number of hydrogen-bond donors (Lipinski definition) is 5. The molecule has 0 heterocycles. The first-order valence-electron chi connectivity index (χ1n) is 1.48. The summed E-state index contributed by atoms with van der Waals surface area (Å²) < 4.78 is 40.5. The average molecular weight is 274 g/mol.